The zero-order valence-corrected chi connectivity index (χ0v) is 7.86. The lowest BCUT2D eigenvalue weighted by atomic mass is 10.1. The molecule has 2 rings (SSSR count). The van der Waals surface area contributed by atoms with Gasteiger partial charge in [0.25, 0.3) is 0 Å². The Hall–Kier alpha value is -1.71. The number of ether oxygens (including phenoxy) is 2. The van der Waals surface area contributed by atoms with Crippen molar-refractivity contribution < 1.29 is 14.7 Å². The Morgan fingerprint density at radius 1 is 1.43 bits per heavy atom. The first-order chi connectivity index (χ1) is 6.79. The standard InChI is InChI=1S/C10H11NO3/c1-7(11-12)4-8-2-3-9-10(5-8)14-6-13-9/h2-3,5,12H,4,6H2,1H3. The molecule has 4 heteroatoms. The van der Waals surface area contributed by atoms with Gasteiger partial charge in [0.1, 0.15) is 0 Å². The average Bonchev–Trinajstić information content (AvgIpc) is 2.64. The van der Waals surface area contributed by atoms with Crippen molar-refractivity contribution in [1.82, 2.24) is 0 Å². The molecule has 0 aromatic heterocycles. The highest BCUT2D eigenvalue weighted by Gasteiger charge is 2.13. The Morgan fingerprint density at radius 2 is 2.21 bits per heavy atom. The zero-order chi connectivity index (χ0) is 9.97. The monoisotopic (exact) mass is 193 g/mol. The smallest absolute Gasteiger partial charge is 0.231 e. The number of fused-ring (bicyclic) bond motifs is 1. The second-order valence-electron chi connectivity index (χ2n) is 3.20. The van der Waals surface area contributed by atoms with Crippen molar-refractivity contribution in [2.24, 2.45) is 5.16 Å². The first-order valence-electron chi connectivity index (χ1n) is 4.35. The van der Waals surface area contributed by atoms with E-state index >= 15 is 0 Å². The van der Waals surface area contributed by atoms with Gasteiger partial charge in [0, 0.05) is 6.42 Å². The summed E-state index contributed by atoms with van der Waals surface area (Å²) in [7, 11) is 0. The first-order valence-corrected chi connectivity index (χ1v) is 4.35. The van der Waals surface area contributed by atoms with E-state index < -0.39 is 0 Å². The highest BCUT2D eigenvalue weighted by atomic mass is 16.7. The van der Waals surface area contributed by atoms with Crippen molar-refractivity contribution in [2.75, 3.05) is 6.79 Å². The van der Waals surface area contributed by atoms with Crippen LogP contribution >= 0.6 is 0 Å². The molecule has 74 valence electrons. The molecule has 1 aliphatic rings. The quantitative estimate of drug-likeness (QED) is 0.442. The SMILES string of the molecule is CC(Cc1ccc2c(c1)OCO2)=NO. The maximum atomic E-state index is 8.52. The van der Waals surface area contributed by atoms with Gasteiger partial charge in [-0.1, -0.05) is 11.2 Å². The first kappa shape index (κ1) is 8.87. The van der Waals surface area contributed by atoms with Crippen LogP contribution in [0.3, 0.4) is 0 Å². The third-order valence-electron chi connectivity index (χ3n) is 2.07. The molecule has 1 aromatic carbocycles. The number of benzene rings is 1. The summed E-state index contributed by atoms with van der Waals surface area (Å²) in [6, 6.07) is 5.70. The van der Waals surface area contributed by atoms with Gasteiger partial charge in [-0.15, -0.1) is 0 Å². The summed E-state index contributed by atoms with van der Waals surface area (Å²) in [5, 5.41) is 11.6. The van der Waals surface area contributed by atoms with Crippen molar-refractivity contribution in [3.8, 4) is 11.5 Å². The minimum Gasteiger partial charge on any atom is -0.454 e. The van der Waals surface area contributed by atoms with E-state index in [4.69, 9.17) is 14.7 Å². The molecule has 0 fully saturated rings. The van der Waals surface area contributed by atoms with E-state index in [1.807, 2.05) is 18.2 Å². The van der Waals surface area contributed by atoms with Crippen LogP contribution in [0.15, 0.2) is 23.4 Å². The van der Waals surface area contributed by atoms with Gasteiger partial charge in [-0.3, -0.25) is 0 Å². The Bertz CT molecular complexity index is 374. The van der Waals surface area contributed by atoms with Crippen LogP contribution in [0.1, 0.15) is 12.5 Å². The number of hydrogen-bond acceptors (Lipinski definition) is 4. The molecule has 1 N–H and O–H groups in total. The minimum atomic E-state index is 0.284. The van der Waals surface area contributed by atoms with Gasteiger partial charge in [0.05, 0.1) is 5.71 Å². The fraction of sp³-hybridized carbons (Fsp3) is 0.300. The summed E-state index contributed by atoms with van der Waals surface area (Å²) in [6.45, 7) is 2.05. The molecule has 0 amide bonds. The molecule has 1 aromatic rings. The summed E-state index contributed by atoms with van der Waals surface area (Å²) in [5.41, 5.74) is 1.72. The summed E-state index contributed by atoms with van der Waals surface area (Å²) < 4.78 is 10.4. The summed E-state index contributed by atoms with van der Waals surface area (Å²) >= 11 is 0. The van der Waals surface area contributed by atoms with E-state index in [2.05, 4.69) is 5.16 Å². The van der Waals surface area contributed by atoms with Crippen molar-refractivity contribution in [3.05, 3.63) is 23.8 Å². The molecule has 0 atom stereocenters. The van der Waals surface area contributed by atoms with Crippen LogP contribution in [0.2, 0.25) is 0 Å². The fourth-order valence-electron chi connectivity index (χ4n) is 1.38. The van der Waals surface area contributed by atoms with Crippen LogP contribution < -0.4 is 9.47 Å². The molecular weight excluding hydrogens is 182 g/mol. The Labute approximate surface area is 81.8 Å². The van der Waals surface area contributed by atoms with E-state index in [-0.39, 0.29) is 6.79 Å². The van der Waals surface area contributed by atoms with Gasteiger partial charge in [-0.05, 0) is 24.6 Å². The number of oxime groups is 1. The number of hydrogen-bond donors (Lipinski definition) is 1. The molecule has 0 spiro atoms. The zero-order valence-electron chi connectivity index (χ0n) is 7.86. The molecule has 4 nitrogen and oxygen atoms in total. The molecule has 0 bridgehead atoms. The van der Waals surface area contributed by atoms with Crippen LogP contribution in [0.4, 0.5) is 0 Å². The molecule has 0 radical (unpaired) electrons. The maximum absolute atomic E-state index is 8.52. The van der Waals surface area contributed by atoms with Gasteiger partial charge in [0.2, 0.25) is 6.79 Å². The fourth-order valence-corrected chi connectivity index (χ4v) is 1.38. The second kappa shape index (κ2) is 3.57. The van der Waals surface area contributed by atoms with E-state index in [1.165, 1.54) is 0 Å². The topological polar surface area (TPSA) is 51.0 Å². The van der Waals surface area contributed by atoms with Gasteiger partial charge in [-0.2, -0.15) is 0 Å². The van der Waals surface area contributed by atoms with Gasteiger partial charge < -0.3 is 14.7 Å². The number of nitrogens with zero attached hydrogens (tertiary/aromatic N) is 1. The summed E-state index contributed by atoms with van der Waals surface area (Å²) in [5.74, 6) is 1.53. The van der Waals surface area contributed by atoms with Gasteiger partial charge in [0.15, 0.2) is 11.5 Å². The molecule has 1 aliphatic heterocycles. The largest absolute Gasteiger partial charge is 0.454 e. The predicted octanol–water partition coefficient (Wildman–Crippen LogP) is 1.81. The highest BCUT2D eigenvalue weighted by molar-refractivity contribution is 5.83. The van der Waals surface area contributed by atoms with Gasteiger partial charge >= 0.3 is 0 Å². The van der Waals surface area contributed by atoms with E-state index in [0.717, 1.165) is 17.1 Å². The van der Waals surface area contributed by atoms with Crippen molar-refractivity contribution >= 4 is 5.71 Å². The lowest BCUT2D eigenvalue weighted by molar-refractivity contribution is 0.174. The van der Waals surface area contributed by atoms with Gasteiger partial charge in [-0.25, -0.2) is 0 Å². The predicted molar refractivity (Wildman–Crippen MR) is 51.2 cm³/mol. The molecular formula is C10H11NO3. The second-order valence-corrected chi connectivity index (χ2v) is 3.20. The van der Waals surface area contributed by atoms with E-state index in [1.54, 1.807) is 6.92 Å². The summed E-state index contributed by atoms with van der Waals surface area (Å²) in [4.78, 5) is 0. The van der Waals surface area contributed by atoms with Crippen molar-refractivity contribution in [2.45, 2.75) is 13.3 Å². The molecule has 0 aliphatic carbocycles. The highest BCUT2D eigenvalue weighted by Crippen LogP contribution is 2.32. The van der Waals surface area contributed by atoms with Crippen LogP contribution in [0.5, 0.6) is 11.5 Å². The molecule has 0 saturated heterocycles. The average molecular weight is 193 g/mol. The molecule has 14 heavy (non-hydrogen) atoms. The number of rotatable bonds is 2. The Morgan fingerprint density at radius 3 is 3.00 bits per heavy atom. The van der Waals surface area contributed by atoms with Crippen molar-refractivity contribution in [1.29, 1.82) is 0 Å². The van der Waals surface area contributed by atoms with Crippen LogP contribution in [0.25, 0.3) is 0 Å². The lowest BCUT2D eigenvalue weighted by Crippen LogP contribution is -1.97. The third kappa shape index (κ3) is 1.64. The van der Waals surface area contributed by atoms with Crippen molar-refractivity contribution in [3.63, 3.8) is 0 Å². The van der Waals surface area contributed by atoms with Crippen LogP contribution in [-0.4, -0.2) is 17.7 Å². The molecule has 0 unspecified atom stereocenters. The van der Waals surface area contributed by atoms with Crippen LogP contribution in [0, 0.1) is 0 Å². The summed E-state index contributed by atoms with van der Waals surface area (Å²) in [6.07, 6.45) is 0.618. The van der Waals surface area contributed by atoms with E-state index in [0.29, 0.717) is 12.1 Å². The molecule has 1 heterocycles. The minimum absolute atomic E-state index is 0.284. The third-order valence-corrected chi connectivity index (χ3v) is 2.07. The maximum Gasteiger partial charge on any atom is 0.231 e. The normalized spacial score (nSPS) is 14.5. The Balaban J connectivity index is 2.21. The molecule has 0 saturated carbocycles. The van der Waals surface area contributed by atoms with Crippen LogP contribution in [-0.2, 0) is 6.42 Å². The lowest BCUT2D eigenvalue weighted by Gasteiger charge is -2.01. The van der Waals surface area contributed by atoms with E-state index in [9.17, 15) is 0 Å². The Kier molecular flexibility index (Phi) is 2.26.